The number of unbranched alkanes of at least 4 members (excludes halogenated alkanes) is 1. The molecular formula is C19H25NO4. The van der Waals surface area contributed by atoms with Gasteiger partial charge in [-0.25, -0.2) is 9.78 Å². The molecule has 5 nitrogen and oxygen atoms in total. The Morgan fingerprint density at radius 3 is 2.58 bits per heavy atom. The minimum Gasteiger partial charge on any atom is -0.479 e. The first-order valence-corrected chi connectivity index (χ1v) is 8.29. The standard InChI is InChI=1S/C19H25NO4/c1-5-6-12-15(24-19(3,4)18(21)22)16-13(2)23-17(20-16)14-10-8-7-9-11-14/h7-11,15H,5-6,12H2,1-4H3,(H,21,22). The van der Waals surface area contributed by atoms with Crippen LogP contribution in [0.5, 0.6) is 0 Å². The van der Waals surface area contributed by atoms with E-state index in [-0.39, 0.29) is 0 Å². The number of aryl methyl sites for hydroxylation is 1. The molecule has 0 bridgehead atoms. The molecular weight excluding hydrogens is 306 g/mol. The van der Waals surface area contributed by atoms with Crippen LogP contribution in [0.1, 0.15) is 57.6 Å². The van der Waals surface area contributed by atoms with E-state index in [0.29, 0.717) is 23.8 Å². The normalized spacial score (nSPS) is 13.0. The molecule has 0 saturated carbocycles. The summed E-state index contributed by atoms with van der Waals surface area (Å²) >= 11 is 0. The van der Waals surface area contributed by atoms with Crippen LogP contribution in [0.3, 0.4) is 0 Å². The van der Waals surface area contributed by atoms with Gasteiger partial charge in [-0.2, -0.15) is 0 Å². The van der Waals surface area contributed by atoms with Gasteiger partial charge in [-0.15, -0.1) is 0 Å². The Morgan fingerprint density at radius 2 is 2.00 bits per heavy atom. The Bertz CT molecular complexity index is 676. The van der Waals surface area contributed by atoms with E-state index < -0.39 is 17.7 Å². The molecule has 0 aliphatic rings. The van der Waals surface area contributed by atoms with Crippen LogP contribution in [-0.4, -0.2) is 21.7 Å². The van der Waals surface area contributed by atoms with E-state index in [4.69, 9.17) is 9.15 Å². The molecule has 1 aromatic heterocycles. The van der Waals surface area contributed by atoms with Gasteiger partial charge in [-0.05, 0) is 39.3 Å². The minimum atomic E-state index is -1.28. The predicted octanol–water partition coefficient (Wildman–Crippen LogP) is 4.76. The fourth-order valence-corrected chi connectivity index (χ4v) is 2.46. The van der Waals surface area contributed by atoms with Crippen LogP contribution >= 0.6 is 0 Å². The molecule has 0 fully saturated rings. The van der Waals surface area contributed by atoms with Crippen LogP contribution in [0, 0.1) is 6.92 Å². The second kappa shape index (κ2) is 7.62. The Hall–Kier alpha value is -2.14. The smallest absolute Gasteiger partial charge is 0.335 e. The molecule has 0 radical (unpaired) electrons. The number of rotatable bonds is 8. The Morgan fingerprint density at radius 1 is 1.33 bits per heavy atom. The molecule has 0 amide bonds. The molecule has 0 aliphatic carbocycles. The molecule has 1 atom stereocenters. The number of carboxylic acids is 1. The molecule has 1 N–H and O–H groups in total. The van der Waals surface area contributed by atoms with Crippen molar-refractivity contribution in [2.45, 2.75) is 58.7 Å². The maximum Gasteiger partial charge on any atom is 0.335 e. The SMILES string of the molecule is CCCCC(OC(C)(C)C(=O)O)c1nc(-c2ccccc2)oc1C. The molecule has 0 aliphatic heterocycles. The summed E-state index contributed by atoms with van der Waals surface area (Å²) in [4.78, 5) is 16.0. The lowest BCUT2D eigenvalue weighted by Crippen LogP contribution is -2.36. The maximum atomic E-state index is 11.4. The number of oxazole rings is 1. The van der Waals surface area contributed by atoms with E-state index in [2.05, 4.69) is 11.9 Å². The molecule has 2 aromatic rings. The van der Waals surface area contributed by atoms with Crippen LogP contribution in [0.25, 0.3) is 11.5 Å². The number of aromatic nitrogens is 1. The molecule has 0 spiro atoms. The minimum absolute atomic E-state index is 0.405. The Kier molecular flexibility index (Phi) is 5.78. The highest BCUT2D eigenvalue weighted by molar-refractivity contribution is 5.76. The van der Waals surface area contributed by atoms with Crippen molar-refractivity contribution in [1.29, 1.82) is 0 Å². The first kappa shape index (κ1) is 18.2. The molecule has 24 heavy (non-hydrogen) atoms. The Balaban J connectivity index is 2.32. The third kappa shape index (κ3) is 4.23. The van der Waals surface area contributed by atoms with Crippen molar-refractivity contribution in [3.8, 4) is 11.5 Å². The number of benzene rings is 1. The van der Waals surface area contributed by atoms with Gasteiger partial charge in [-0.1, -0.05) is 38.0 Å². The van der Waals surface area contributed by atoms with Gasteiger partial charge in [0.05, 0.1) is 0 Å². The van der Waals surface area contributed by atoms with Crippen molar-refractivity contribution < 1.29 is 19.1 Å². The van der Waals surface area contributed by atoms with Gasteiger partial charge < -0.3 is 14.3 Å². The molecule has 2 rings (SSSR count). The van der Waals surface area contributed by atoms with E-state index >= 15 is 0 Å². The number of hydrogen-bond acceptors (Lipinski definition) is 4. The topological polar surface area (TPSA) is 72.6 Å². The summed E-state index contributed by atoms with van der Waals surface area (Å²) in [6.45, 7) is 7.04. The third-order valence-electron chi connectivity index (χ3n) is 3.93. The van der Waals surface area contributed by atoms with E-state index in [1.165, 1.54) is 0 Å². The van der Waals surface area contributed by atoms with Crippen LogP contribution < -0.4 is 0 Å². The lowest BCUT2D eigenvalue weighted by molar-refractivity contribution is -0.169. The number of aliphatic carboxylic acids is 1. The summed E-state index contributed by atoms with van der Waals surface area (Å²) < 4.78 is 11.7. The summed E-state index contributed by atoms with van der Waals surface area (Å²) in [6, 6.07) is 9.64. The van der Waals surface area contributed by atoms with Gasteiger partial charge in [0.15, 0.2) is 5.60 Å². The van der Waals surface area contributed by atoms with Gasteiger partial charge in [0.2, 0.25) is 5.89 Å². The van der Waals surface area contributed by atoms with Crippen LogP contribution in [0.4, 0.5) is 0 Å². The molecule has 130 valence electrons. The van der Waals surface area contributed by atoms with E-state index in [1.54, 1.807) is 13.8 Å². The lowest BCUT2D eigenvalue weighted by atomic mass is 10.1. The maximum absolute atomic E-state index is 11.4. The number of nitrogens with zero attached hydrogens (tertiary/aromatic N) is 1. The monoisotopic (exact) mass is 331 g/mol. The summed E-state index contributed by atoms with van der Waals surface area (Å²) in [7, 11) is 0. The van der Waals surface area contributed by atoms with Crippen LogP contribution in [0.15, 0.2) is 34.7 Å². The second-order valence-corrected chi connectivity index (χ2v) is 6.39. The fourth-order valence-electron chi connectivity index (χ4n) is 2.46. The number of carbonyl (C=O) groups is 1. The summed E-state index contributed by atoms with van der Waals surface area (Å²) in [5, 5.41) is 9.35. The summed E-state index contributed by atoms with van der Waals surface area (Å²) in [5.74, 6) is 0.200. The van der Waals surface area contributed by atoms with E-state index in [1.807, 2.05) is 37.3 Å². The van der Waals surface area contributed by atoms with Gasteiger partial charge in [0.25, 0.3) is 0 Å². The zero-order chi connectivity index (χ0) is 17.7. The van der Waals surface area contributed by atoms with Crippen molar-refractivity contribution in [3.63, 3.8) is 0 Å². The molecule has 1 aromatic carbocycles. The zero-order valence-electron chi connectivity index (χ0n) is 14.7. The fraction of sp³-hybridized carbons (Fsp3) is 0.474. The van der Waals surface area contributed by atoms with Crippen molar-refractivity contribution >= 4 is 5.97 Å². The lowest BCUT2D eigenvalue weighted by Gasteiger charge is -2.26. The second-order valence-electron chi connectivity index (χ2n) is 6.39. The van der Waals surface area contributed by atoms with Gasteiger partial charge in [0.1, 0.15) is 17.6 Å². The molecule has 1 unspecified atom stereocenters. The van der Waals surface area contributed by atoms with Gasteiger partial charge in [-0.3, -0.25) is 0 Å². The highest BCUT2D eigenvalue weighted by Crippen LogP contribution is 2.33. The largest absolute Gasteiger partial charge is 0.479 e. The van der Waals surface area contributed by atoms with E-state index in [9.17, 15) is 9.90 Å². The summed E-state index contributed by atoms with van der Waals surface area (Å²) in [6.07, 6.45) is 2.22. The first-order valence-electron chi connectivity index (χ1n) is 8.29. The highest BCUT2D eigenvalue weighted by Gasteiger charge is 2.34. The number of ether oxygens (including phenoxy) is 1. The number of carboxylic acid groups (broad SMARTS) is 1. The first-order chi connectivity index (χ1) is 11.3. The zero-order valence-corrected chi connectivity index (χ0v) is 14.7. The molecule has 5 heteroatoms. The predicted molar refractivity (Wildman–Crippen MR) is 91.7 cm³/mol. The highest BCUT2D eigenvalue weighted by atomic mass is 16.5. The third-order valence-corrected chi connectivity index (χ3v) is 3.93. The van der Waals surface area contributed by atoms with Crippen molar-refractivity contribution in [3.05, 3.63) is 41.8 Å². The van der Waals surface area contributed by atoms with Crippen molar-refractivity contribution in [2.75, 3.05) is 0 Å². The van der Waals surface area contributed by atoms with E-state index in [0.717, 1.165) is 18.4 Å². The average Bonchev–Trinajstić information content (AvgIpc) is 2.94. The average molecular weight is 331 g/mol. The quantitative estimate of drug-likeness (QED) is 0.755. The van der Waals surface area contributed by atoms with Gasteiger partial charge >= 0.3 is 5.97 Å². The Labute approximate surface area is 142 Å². The molecule has 1 heterocycles. The van der Waals surface area contributed by atoms with Crippen molar-refractivity contribution in [1.82, 2.24) is 4.98 Å². The van der Waals surface area contributed by atoms with Crippen LogP contribution in [0.2, 0.25) is 0 Å². The molecule has 0 saturated heterocycles. The summed E-state index contributed by atoms with van der Waals surface area (Å²) in [5.41, 5.74) is 0.284. The van der Waals surface area contributed by atoms with Gasteiger partial charge in [0, 0.05) is 5.56 Å². The van der Waals surface area contributed by atoms with Crippen molar-refractivity contribution in [2.24, 2.45) is 0 Å². The van der Waals surface area contributed by atoms with Crippen LogP contribution in [-0.2, 0) is 9.53 Å². The number of hydrogen-bond donors (Lipinski definition) is 1.